The summed E-state index contributed by atoms with van der Waals surface area (Å²) in [7, 11) is 10.7. The second-order valence-electron chi connectivity index (χ2n) is 31.3. The number of fused-ring (bicyclic) bond motifs is 5. The number of hydrogen-bond donors (Lipinski definition) is 0. The smallest absolute Gasteiger partial charge is 0.207 e. The molecule has 572 valence electrons. The van der Waals surface area contributed by atoms with Crippen LogP contribution in [0, 0.1) is 102 Å². The van der Waals surface area contributed by atoms with Gasteiger partial charge in [0.1, 0.15) is 46.9 Å². The minimum absolute atomic E-state index is 0.116. The summed E-state index contributed by atoms with van der Waals surface area (Å²) in [5, 5.41) is 5.97. The summed E-state index contributed by atoms with van der Waals surface area (Å²) in [6.07, 6.45) is 5.70. The molecule has 0 saturated carbocycles. The van der Waals surface area contributed by atoms with Crippen molar-refractivity contribution < 1.29 is 31.6 Å². The molecule has 0 unspecified atom stereocenters. The van der Waals surface area contributed by atoms with Gasteiger partial charge in [-0.1, -0.05) is 136 Å². The maximum Gasteiger partial charge on any atom is 0.213 e. The lowest BCUT2D eigenvalue weighted by Crippen LogP contribution is -2.32. The van der Waals surface area contributed by atoms with Crippen molar-refractivity contribution in [3.8, 4) is 56.3 Å². The first kappa shape index (κ1) is 82.1. The lowest BCUT2D eigenvalue weighted by atomic mass is 9.95. The van der Waals surface area contributed by atoms with Gasteiger partial charge in [-0.3, -0.25) is 0 Å². The van der Waals surface area contributed by atoms with Gasteiger partial charge in [0.15, 0.2) is 0 Å². The molecule has 112 heavy (non-hydrogen) atoms. The van der Waals surface area contributed by atoms with E-state index >= 15 is 0 Å². The van der Waals surface area contributed by atoms with E-state index in [4.69, 9.17) is 0 Å². The predicted molar refractivity (Wildman–Crippen MR) is 471 cm³/mol. The van der Waals surface area contributed by atoms with Gasteiger partial charge in [0.05, 0.1) is 5.39 Å². The monoisotopic (exact) mass is 1490 g/mol. The van der Waals surface area contributed by atoms with Crippen LogP contribution in [-0.2, 0) is 73.8 Å². The van der Waals surface area contributed by atoms with Gasteiger partial charge in [-0.25, -0.2) is 8.78 Å². The first-order valence-electron chi connectivity index (χ1n) is 40.4. The fourth-order valence-electron chi connectivity index (χ4n) is 16.5. The van der Waals surface area contributed by atoms with Crippen LogP contribution in [0.15, 0.2) is 206 Å². The fraction of sp³-hybridized carbons (Fsp3) is 0.286. The van der Waals surface area contributed by atoms with Crippen molar-refractivity contribution in [2.75, 3.05) is 0 Å². The highest BCUT2D eigenvalue weighted by atomic mass is 19.1. The highest BCUT2D eigenvalue weighted by molar-refractivity contribution is 5.86. The molecule has 0 spiro atoms. The Morgan fingerprint density at radius 2 is 0.634 bits per heavy atom. The molecule has 5 aromatic heterocycles. The maximum atomic E-state index is 14.0. The van der Waals surface area contributed by atoms with Crippen LogP contribution in [0.25, 0.3) is 111 Å². The number of aromatic nitrogens is 5. The maximum absolute atomic E-state index is 14.0. The molecule has 0 fully saturated rings. The summed E-state index contributed by atoms with van der Waals surface area (Å²) in [4.78, 5) is 0. The second-order valence-corrected chi connectivity index (χ2v) is 31.3. The Morgan fingerprint density at radius 3 is 1.11 bits per heavy atom. The lowest BCUT2D eigenvalue weighted by molar-refractivity contribution is -0.633. The summed E-state index contributed by atoms with van der Waals surface area (Å²) < 4.78 is 39.3. The number of hydrogen-bond acceptors (Lipinski definition) is 0. The zero-order valence-electron chi connectivity index (χ0n) is 71.4. The van der Waals surface area contributed by atoms with Gasteiger partial charge in [-0.05, 0) is 280 Å². The van der Waals surface area contributed by atoms with E-state index < -0.39 is 0 Å². The summed E-state index contributed by atoms with van der Waals surface area (Å²) in [5.74, 6) is -0.232. The highest BCUT2D eigenvalue weighted by Gasteiger charge is 2.25. The summed E-state index contributed by atoms with van der Waals surface area (Å²) in [6.45, 7) is 41.1. The van der Waals surface area contributed by atoms with Crippen LogP contribution in [0.1, 0.15) is 147 Å². The first-order chi connectivity index (χ1) is 53.5. The van der Waals surface area contributed by atoms with E-state index in [0.717, 1.165) is 70.0 Å². The number of aryl methyl sites for hydroxylation is 21. The predicted octanol–water partition coefficient (Wildman–Crippen LogP) is 24.3. The standard InChI is InChI=1S/C23H28N.2C21H24N.2C20H21FN/c1-7-18-13-19(8-2)20-9-10-22(24(6)23(20)14-18)21-12-15(3)11-16(4)17(21)5;1-6-17-7-8-18-9-10-20(22(5)21(18)13-17)19-12-14(2)11-15(3)16(19)4;1-6-17-8-7-9-20-18(17)10-11-21(22(20)5)19-13-14(2)12-15(3)16(19)4;1-5-15-16-8-10-20(17-12-13(2)6-7-14(17)3)22(4)19(16)11-9-18(15)21;1-5-15-12-20-16(11-18(15)21)8-9-19(22(20)4)17-10-13(2)6-7-14(17)3/h9-14H,7-8H2,1-6H3;2*7-13H,6H2,1-5H3;2*6-12H,5H2,1-4H3/q5*+1. The van der Waals surface area contributed by atoms with Crippen LogP contribution in [0.4, 0.5) is 8.78 Å². The normalized spacial score (nSPS) is 11.2. The molecule has 0 saturated heterocycles. The van der Waals surface area contributed by atoms with Gasteiger partial charge in [0, 0.05) is 116 Å². The van der Waals surface area contributed by atoms with E-state index in [0.29, 0.717) is 12.8 Å². The lowest BCUT2D eigenvalue weighted by Gasteiger charge is -2.12. The molecule has 5 nitrogen and oxygen atoms in total. The van der Waals surface area contributed by atoms with Crippen LogP contribution >= 0.6 is 0 Å². The minimum Gasteiger partial charge on any atom is -0.207 e. The van der Waals surface area contributed by atoms with Crippen molar-refractivity contribution in [1.82, 2.24) is 0 Å². The average molecular weight is 1490 g/mol. The quantitative estimate of drug-likeness (QED) is 0.115. The zero-order valence-corrected chi connectivity index (χ0v) is 71.4. The molecule has 0 radical (unpaired) electrons. The van der Waals surface area contributed by atoms with Gasteiger partial charge in [-0.2, -0.15) is 22.8 Å². The molecule has 10 aromatic carbocycles. The Bertz CT molecular complexity index is 5960. The highest BCUT2D eigenvalue weighted by Crippen LogP contribution is 2.34. The van der Waals surface area contributed by atoms with Crippen LogP contribution in [0.3, 0.4) is 0 Å². The van der Waals surface area contributed by atoms with E-state index in [1.54, 1.807) is 12.1 Å². The number of halogens is 2. The number of rotatable bonds is 11. The molecule has 0 amide bonds. The van der Waals surface area contributed by atoms with Crippen molar-refractivity contribution in [3.05, 3.63) is 324 Å². The molecule has 15 rings (SSSR count). The van der Waals surface area contributed by atoms with Crippen LogP contribution < -0.4 is 22.8 Å². The molecule has 0 aliphatic carbocycles. The summed E-state index contributed by atoms with van der Waals surface area (Å²) in [6, 6.07) is 73.7. The first-order valence-corrected chi connectivity index (χ1v) is 40.4. The molecular formula is C105H118F2N5+5. The molecule has 5 heterocycles. The molecule has 0 N–H and O–H groups in total. The molecule has 0 bridgehead atoms. The summed E-state index contributed by atoms with van der Waals surface area (Å²) >= 11 is 0. The topological polar surface area (TPSA) is 19.4 Å². The van der Waals surface area contributed by atoms with E-state index in [2.05, 4.69) is 346 Å². The Kier molecular flexibility index (Phi) is 25.8. The Labute approximate surface area is 667 Å². The molecule has 0 aliphatic rings. The van der Waals surface area contributed by atoms with Crippen molar-refractivity contribution >= 4 is 54.5 Å². The van der Waals surface area contributed by atoms with E-state index in [1.165, 1.54) is 172 Å². The van der Waals surface area contributed by atoms with Crippen molar-refractivity contribution in [2.45, 2.75) is 170 Å². The van der Waals surface area contributed by atoms with E-state index in [9.17, 15) is 8.78 Å². The largest absolute Gasteiger partial charge is 0.213 e. The van der Waals surface area contributed by atoms with Gasteiger partial charge in [-0.15, -0.1) is 0 Å². The summed E-state index contributed by atoms with van der Waals surface area (Å²) in [5.41, 5.74) is 43.1. The van der Waals surface area contributed by atoms with Crippen molar-refractivity contribution in [2.24, 2.45) is 35.2 Å². The minimum atomic E-state index is -0.116. The van der Waals surface area contributed by atoms with Gasteiger partial charge < -0.3 is 0 Å². The molecule has 0 aliphatic heterocycles. The van der Waals surface area contributed by atoms with Gasteiger partial charge in [0.2, 0.25) is 56.1 Å². The van der Waals surface area contributed by atoms with Crippen LogP contribution in [-0.4, -0.2) is 0 Å². The zero-order chi connectivity index (χ0) is 80.8. The Morgan fingerprint density at radius 1 is 0.241 bits per heavy atom. The van der Waals surface area contributed by atoms with Gasteiger partial charge in [0.25, 0.3) is 0 Å². The Balaban J connectivity index is 0.000000138. The molecular weight excluding hydrogens is 1370 g/mol. The average Bonchev–Trinajstić information content (AvgIpc) is 0.848. The number of benzene rings is 10. The fourth-order valence-corrected chi connectivity index (χ4v) is 16.5. The van der Waals surface area contributed by atoms with Crippen molar-refractivity contribution in [1.29, 1.82) is 0 Å². The SMILES string of the molecule is CCc1c(F)ccc2c1ccc(-c1cc(C)ccc1C)[n+]2C.CCc1cc(CC)c2ccc(-c3cc(C)cc(C)c3C)[n+](C)c2c1.CCc1cc2c(ccc(-c3cc(C)ccc3C)[n+]2C)cc1F.CCc1ccc2ccc(-c3cc(C)cc(C)c3C)[n+](C)c2c1.CCc1cccc2c1ccc(-c1cc(C)cc(C)c1C)[n+]2C. The van der Waals surface area contributed by atoms with Crippen LogP contribution in [0.5, 0.6) is 0 Å². The third kappa shape index (κ3) is 17.1. The third-order valence-electron chi connectivity index (χ3n) is 23.6. The third-order valence-corrected chi connectivity index (χ3v) is 23.6. The number of pyridine rings is 5. The van der Waals surface area contributed by atoms with Crippen LogP contribution in [0.2, 0.25) is 0 Å². The number of nitrogens with zero attached hydrogens (tertiary/aromatic N) is 5. The Hall–Kier alpha value is -10.9. The van der Waals surface area contributed by atoms with Gasteiger partial charge >= 0.3 is 0 Å². The van der Waals surface area contributed by atoms with E-state index in [-0.39, 0.29) is 11.6 Å². The van der Waals surface area contributed by atoms with Crippen molar-refractivity contribution in [3.63, 3.8) is 0 Å². The van der Waals surface area contributed by atoms with E-state index in [1.807, 2.05) is 38.1 Å². The molecule has 7 heteroatoms. The second kappa shape index (κ2) is 35.2. The molecule has 0 atom stereocenters. The molecule has 15 aromatic rings.